The second kappa shape index (κ2) is 6.73. The number of H-pyrrole nitrogens is 2. The van der Waals surface area contributed by atoms with E-state index >= 15 is 0 Å². The molecule has 0 bridgehead atoms. The summed E-state index contributed by atoms with van der Waals surface area (Å²) in [6, 6.07) is 5.05. The number of anilines is 2. The predicted octanol–water partition coefficient (Wildman–Crippen LogP) is 4.36. The fourth-order valence-electron chi connectivity index (χ4n) is 3.09. The Balaban J connectivity index is 1.92. The average Bonchev–Trinajstić information content (AvgIpc) is 3.29. The van der Waals surface area contributed by atoms with E-state index in [2.05, 4.69) is 30.5 Å². The molecular weight excluding hydrogens is 404 g/mol. The summed E-state index contributed by atoms with van der Waals surface area (Å²) in [5.41, 5.74) is 0.0590. The van der Waals surface area contributed by atoms with Crippen molar-refractivity contribution in [2.75, 3.05) is 18.6 Å². The maximum absolute atomic E-state index is 13.6. The SMILES string of the molecule is CP(C)(=O)c1cccc2c(-c3nc(Nc4cn[nH]c4)ncc3C(F)(F)F)c[nH]c12. The lowest BCUT2D eigenvalue weighted by Crippen LogP contribution is -2.11. The summed E-state index contributed by atoms with van der Waals surface area (Å²) in [6.07, 6.45) is 0.536. The number of rotatable bonds is 4. The second-order valence-electron chi connectivity index (χ2n) is 6.82. The highest BCUT2D eigenvalue weighted by atomic mass is 31.2. The van der Waals surface area contributed by atoms with Crippen LogP contribution in [0.2, 0.25) is 0 Å². The van der Waals surface area contributed by atoms with Crippen LogP contribution in [0.4, 0.5) is 24.8 Å². The van der Waals surface area contributed by atoms with Gasteiger partial charge < -0.3 is 14.9 Å². The molecule has 0 spiro atoms. The molecule has 29 heavy (non-hydrogen) atoms. The lowest BCUT2D eigenvalue weighted by molar-refractivity contribution is -0.137. The number of fused-ring (bicyclic) bond motifs is 1. The second-order valence-corrected chi connectivity index (χ2v) is 10.0. The van der Waals surface area contributed by atoms with Crippen molar-refractivity contribution in [2.45, 2.75) is 6.18 Å². The molecule has 4 rings (SSSR count). The quantitative estimate of drug-likeness (QED) is 0.426. The standard InChI is InChI=1S/C18H16F3N6OP/c1-29(2,28)14-5-3-4-11-12(8-22-16(11)14)15-13(18(19,20)21)9-23-17(27-15)26-10-6-24-25-7-10/h3-9,22H,1-2H3,(H,24,25)(H,23,26,27). The first kappa shape index (κ1) is 19.2. The Kier molecular flexibility index (Phi) is 4.46. The minimum Gasteiger partial charge on any atom is -0.360 e. The molecule has 1 aromatic carbocycles. The third-order valence-electron chi connectivity index (χ3n) is 4.38. The van der Waals surface area contributed by atoms with Crippen molar-refractivity contribution in [3.8, 4) is 11.3 Å². The van der Waals surface area contributed by atoms with Crippen LogP contribution >= 0.6 is 7.14 Å². The van der Waals surface area contributed by atoms with E-state index in [0.29, 0.717) is 21.9 Å². The van der Waals surface area contributed by atoms with Crippen LogP contribution in [-0.4, -0.2) is 38.5 Å². The molecule has 0 fully saturated rings. The summed E-state index contributed by atoms with van der Waals surface area (Å²) < 4.78 is 53.5. The van der Waals surface area contributed by atoms with Crippen LogP contribution < -0.4 is 10.6 Å². The Morgan fingerprint density at radius 3 is 2.59 bits per heavy atom. The van der Waals surface area contributed by atoms with Gasteiger partial charge in [0, 0.05) is 34.8 Å². The Labute approximate surface area is 163 Å². The molecular formula is C18H16F3N6OP. The van der Waals surface area contributed by atoms with Gasteiger partial charge in [0.15, 0.2) is 0 Å². The van der Waals surface area contributed by atoms with Crippen molar-refractivity contribution < 1.29 is 17.7 Å². The number of nitrogens with zero attached hydrogens (tertiary/aromatic N) is 3. The molecule has 11 heteroatoms. The zero-order valence-electron chi connectivity index (χ0n) is 15.4. The minimum atomic E-state index is -4.64. The molecule has 0 aliphatic rings. The van der Waals surface area contributed by atoms with E-state index in [1.54, 1.807) is 31.5 Å². The van der Waals surface area contributed by atoms with Crippen molar-refractivity contribution >= 4 is 35.0 Å². The van der Waals surface area contributed by atoms with Gasteiger partial charge in [-0.3, -0.25) is 5.10 Å². The zero-order valence-corrected chi connectivity index (χ0v) is 16.3. The topological polar surface area (TPSA) is 99.3 Å². The largest absolute Gasteiger partial charge is 0.419 e. The first-order valence-electron chi connectivity index (χ1n) is 8.50. The number of aromatic amines is 2. The molecule has 3 N–H and O–H groups in total. The fraction of sp³-hybridized carbons (Fsp3) is 0.167. The molecule has 150 valence electrons. The Morgan fingerprint density at radius 2 is 1.93 bits per heavy atom. The minimum absolute atomic E-state index is 0.00319. The number of benzene rings is 1. The fourth-order valence-corrected chi connectivity index (χ4v) is 4.25. The van der Waals surface area contributed by atoms with Crippen molar-refractivity contribution in [1.82, 2.24) is 25.1 Å². The van der Waals surface area contributed by atoms with Gasteiger partial charge in [0.1, 0.15) is 12.7 Å². The number of nitrogens with one attached hydrogen (secondary N) is 3. The predicted molar refractivity (Wildman–Crippen MR) is 105 cm³/mol. The van der Waals surface area contributed by atoms with Gasteiger partial charge in [-0.15, -0.1) is 0 Å². The van der Waals surface area contributed by atoms with Crippen molar-refractivity contribution in [3.05, 3.63) is 48.5 Å². The normalized spacial score (nSPS) is 12.4. The number of para-hydroxylation sites is 1. The number of aromatic nitrogens is 5. The summed E-state index contributed by atoms with van der Waals surface area (Å²) in [6.45, 7) is 3.22. The molecule has 3 heterocycles. The number of hydrogen-bond donors (Lipinski definition) is 3. The lowest BCUT2D eigenvalue weighted by atomic mass is 10.1. The van der Waals surface area contributed by atoms with Crippen LogP contribution in [0.1, 0.15) is 5.56 Å². The maximum Gasteiger partial charge on any atom is 0.419 e. The van der Waals surface area contributed by atoms with Gasteiger partial charge in [0.25, 0.3) is 0 Å². The van der Waals surface area contributed by atoms with Crippen LogP contribution in [-0.2, 0) is 10.7 Å². The van der Waals surface area contributed by atoms with Crippen LogP contribution in [0.15, 0.2) is 43.0 Å². The van der Waals surface area contributed by atoms with Crippen LogP contribution in [0.5, 0.6) is 0 Å². The molecule has 0 saturated carbocycles. The first-order valence-corrected chi connectivity index (χ1v) is 11.1. The van der Waals surface area contributed by atoms with E-state index in [-0.39, 0.29) is 17.2 Å². The molecule has 0 atom stereocenters. The summed E-state index contributed by atoms with van der Waals surface area (Å²) in [4.78, 5) is 10.9. The van der Waals surface area contributed by atoms with Gasteiger partial charge in [0.05, 0.1) is 23.1 Å². The lowest BCUT2D eigenvalue weighted by Gasteiger charge is -2.13. The molecule has 0 amide bonds. The van der Waals surface area contributed by atoms with Gasteiger partial charge in [-0.25, -0.2) is 9.97 Å². The number of alkyl halides is 3. The zero-order chi connectivity index (χ0) is 20.8. The van der Waals surface area contributed by atoms with E-state index in [4.69, 9.17) is 0 Å². The smallest absolute Gasteiger partial charge is 0.360 e. The monoisotopic (exact) mass is 420 g/mol. The summed E-state index contributed by atoms with van der Waals surface area (Å²) in [7, 11) is -2.64. The van der Waals surface area contributed by atoms with Crippen molar-refractivity contribution in [1.29, 1.82) is 0 Å². The molecule has 0 unspecified atom stereocenters. The van der Waals surface area contributed by atoms with E-state index in [1.165, 1.54) is 18.6 Å². The highest BCUT2D eigenvalue weighted by Gasteiger charge is 2.36. The highest BCUT2D eigenvalue weighted by molar-refractivity contribution is 7.70. The molecule has 0 aliphatic carbocycles. The Bertz CT molecular complexity index is 1230. The summed E-state index contributed by atoms with van der Waals surface area (Å²) >= 11 is 0. The van der Waals surface area contributed by atoms with Gasteiger partial charge in [-0.1, -0.05) is 12.1 Å². The number of hydrogen-bond acceptors (Lipinski definition) is 5. The molecule has 7 nitrogen and oxygen atoms in total. The van der Waals surface area contributed by atoms with Crippen LogP contribution in [0, 0.1) is 0 Å². The summed E-state index contributed by atoms with van der Waals surface area (Å²) in [5, 5.41) is 10.2. The maximum atomic E-state index is 13.6. The van der Waals surface area contributed by atoms with Crippen LogP contribution in [0.25, 0.3) is 22.2 Å². The van der Waals surface area contributed by atoms with E-state index in [9.17, 15) is 17.7 Å². The van der Waals surface area contributed by atoms with Crippen LogP contribution in [0.3, 0.4) is 0 Å². The Hall–Kier alpha value is -3.13. The summed E-state index contributed by atoms with van der Waals surface area (Å²) in [5.74, 6) is -0.00319. The molecule has 0 radical (unpaired) electrons. The molecule has 3 aromatic heterocycles. The first-order chi connectivity index (χ1) is 13.6. The van der Waals surface area contributed by atoms with Crippen molar-refractivity contribution in [2.24, 2.45) is 0 Å². The Morgan fingerprint density at radius 1 is 1.14 bits per heavy atom. The van der Waals surface area contributed by atoms with E-state index < -0.39 is 18.9 Å². The third-order valence-corrected chi connectivity index (χ3v) is 5.91. The van der Waals surface area contributed by atoms with E-state index in [1.807, 2.05) is 0 Å². The molecule has 4 aromatic rings. The van der Waals surface area contributed by atoms with E-state index in [0.717, 1.165) is 6.20 Å². The molecule has 0 saturated heterocycles. The third kappa shape index (κ3) is 3.63. The van der Waals surface area contributed by atoms with Gasteiger partial charge in [-0.05, 0) is 19.4 Å². The number of halogens is 3. The van der Waals surface area contributed by atoms with Crippen molar-refractivity contribution in [3.63, 3.8) is 0 Å². The van der Waals surface area contributed by atoms with Gasteiger partial charge in [-0.2, -0.15) is 18.3 Å². The van der Waals surface area contributed by atoms with Gasteiger partial charge >= 0.3 is 6.18 Å². The molecule has 0 aliphatic heterocycles. The highest BCUT2D eigenvalue weighted by Crippen LogP contribution is 2.41. The van der Waals surface area contributed by atoms with Gasteiger partial charge in [0.2, 0.25) is 5.95 Å². The average molecular weight is 420 g/mol.